The van der Waals surface area contributed by atoms with Crippen LogP contribution in [0.25, 0.3) is 0 Å². The predicted molar refractivity (Wildman–Crippen MR) is 116 cm³/mol. The van der Waals surface area contributed by atoms with Crippen LogP contribution in [0.2, 0.25) is 5.02 Å². The average molecular weight is 431 g/mol. The third-order valence-corrected chi connectivity index (χ3v) is 6.07. The summed E-state index contributed by atoms with van der Waals surface area (Å²) in [6.45, 7) is 4.48. The number of likely N-dealkylation sites (tertiary alicyclic amines) is 1. The first-order chi connectivity index (χ1) is 14.4. The zero-order chi connectivity index (χ0) is 21.1. The van der Waals surface area contributed by atoms with E-state index < -0.39 is 6.10 Å². The third-order valence-electron chi connectivity index (χ3n) is 5.83. The number of hydrogen-bond donors (Lipinski definition) is 2. The summed E-state index contributed by atoms with van der Waals surface area (Å²) in [7, 11) is 0. The van der Waals surface area contributed by atoms with Gasteiger partial charge in [-0.15, -0.1) is 0 Å². The van der Waals surface area contributed by atoms with E-state index in [9.17, 15) is 9.90 Å². The van der Waals surface area contributed by atoms with Gasteiger partial charge in [0.15, 0.2) is 0 Å². The number of hydrogen-bond acceptors (Lipinski definition) is 5. The molecule has 7 heteroatoms. The number of fused-ring (bicyclic) bond motifs is 2. The number of benzene rings is 2. The number of rotatable bonds is 6. The Morgan fingerprint density at radius 1 is 1.30 bits per heavy atom. The molecule has 4 rings (SSSR count). The second kappa shape index (κ2) is 8.94. The molecule has 0 radical (unpaired) electrons. The van der Waals surface area contributed by atoms with E-state index in [1.807, 2.05) is 0 Å². The fourth-order valence-corrected chi connectivity index (χ4v) is 4.50. The largest absolute Gasteiger partial charge is 0.489 e. The third kappa shape index (κ3) is 4.62. The van der Waals surface area contributed by atoms with Crippen molar-refractivity contribution in [2.45, 2.75) is 38.1 Å². The van der Waals surface area contributed by atoms with Gasteiger partial charge in [-0.25, -0.2) is 0 Å². The first-order valence-electron chi connectivity index (χ1n) is 10.3. The summed E-state index contributed by atoms with van der Waals surface area (Å²) < 4.78 is 12.0. The van der Waals surface area contributed by atoms with E-state index >= 15 is 0 Å². The van der Waals surface area contributed by atoms with Gasteiger partial charge in [-0.3, -0.25) is 4.79 Å². The molecule has 30 heavy (non-hydrogen) atoms. The maximum Gasteiger partial charge on any atom is 0.221 e. The van der Waals surface area contributed by atoms with Crippen molar-refractivity contribution in [1.29, 1.82) is 0 Å². The number of β-amino-alcohol motifs (C(OH)–C–C–N with tert-alkyl or cyclic N) is 1. The van der Waals surface area contributed by atoms with Crippen molar-refractivity contribution in [1.82, 2.24) is 4.90 Å². The minimum atomic E-state index is -0.653. The summed E-state index contributed by atoms with van der Waals surface area (Å²) in [6, 6.07) is 13.5. The van der Waals surface area contributed by atoms with E-state index in [0.717, 1.165) is 25.9 Å². The molecule has 2 aromatic carbocycles. The predicted octanol–water partition coefficient (Wildman–Crippen LogP) is 3.56. The summed E-state index contributed by atoms with van der Waals surface area (Å²) in [5, 5.41) is 13.7. The lowest BCUT2D eigenvalue weighted by molar-refractivity contribution is -0.114. The molecular formula is C23H27ClN2O4. The van der Waals surface area contributed by atoms with Gasteiger partial charge in [0.1, 0.15) is 18.5 Å². The SMILES string of the molecule is CC(=O)Nc1ccc(Cl)cc1OC[C@H](O)CN1CCC2(CC1)OCc1ccccc12. The molecule has 0 unspecified atom stereocenters. The molecule has 1 fully saturated rings. The van der Waals surface area contributed by atoms with Gasteiger partial charge in [-0.2, -0.15) is 0 Å². The van der Waals surface area contributed by atoms with Crippen LogP contribution in [0.3, 0.4) is 0 Å². The molecule has 0 aromatic heterocycles. The number of carbonyl (C=O) groups is 1. The van der Waals surface area contributed by atoms with Crippen LogP contribution in [-0.4, -0.2) is 48.3 Å². The van der Waals surface area contributed by atoms with Crippen LogP contribution in [0.5, 0.6) is 5.75 Å². The van der Waals surface area contributed by atoms with Crippen molar-refractivity contribution in [3.8, 4) is 5.75 Å². The molecule has 1 atom stereocenters. The second-order valence-electron chi connectivity index (χ2n) is 8.03. The fourth-order valence-electron chi connectivity index (χ4n) is 4.34. The zero-order valence-corrected chi connectivity index (χ0v) is 17.8. The Morgan fingerprint density at radius 3 is 2.83 bits per heavy atom. The molecule has 2 aromatic rings. The van der Waals surface area contributed by atoms with Crippen LogP contribution < -0.4 is 10.1 Å². The maximum atomic E-state index is 11.4. The fraction of sp³-hybridized carbons (Fsp3) is 0.435. The lowest BCUT2D eigenvalue weighted by atomic mass is 9.84. The molecule has 2 N–H and O–H groups in total. The highest BCUT2D eigenvalue weighted by atomic mass is 35.5. The number of amides is 1. The van der Waals surface area contributed by atoms with E-state index in [2.05, 4.69) is 34.5 Å². The molecule has 0 saturated carbocycles. The Hall–Kier alpha value is -2.12. The first kappa shape index (κ1) is 21.1. The van der Waals surface area contributed by atoms with Gasteiger partial charge >= 0.3 is 0 Å². The number of nitrogens with one attached hydrogen (secondary N) is 1. The Bertz CT molecular complexity index is 912. The highest BCUT2D eigenvalue weighted by Gasteiger charge is 2.42. The molecule has 1 saturated heterocycles. The Labute approximate surface area is 181 Å². The van der Waals surface area contributed by atoms with Crippen molar-refractivity contribution in [2.75, 3.05) is 31.6 Å². The van der Waals surface area contributed by atoms with Gasteiger partial charge in [0.05, 0.1) is 17.9 Å². The van der Waals surface area contributed by atoms with Crippen molar-refractivity contribution in [3.63, 3.8) is 0 Å². The summed E-state index contributed by atoms with van der Waals surface area (Å²) in [4.78, 5) is 13.6. The first-order valence-corrected chi connectivity index (χ1v) is 10.7. The molecule has 2 aliphatic heterocycles. The van der Waals surface area contributed by atoms with E-state index in [0.29, 0.717) is 29.6 Å². The number of carbonyl (C=O) groups excluding carboxylic acids is 1. The monoisotopic (exact) mass is 430 g/mol. The molecule has 160 valence electrons. The molecular weight excluding hydrogens is 404 g/mol. The molecule has 6 nitrogen and oxygen atoms in total. The van der Waals surface area contributed by atoms with Crippen LogP contribution >= 0.6 is 11.6 Å². The summed E-state index contributed by atoms with van der Waals surface area (Å²) in [6.07, 6.45) is 1.18. The van der Waals surface area contributed by atoms with E-state index in [1.165, 1.54) is 18.1 Å². The molecule has 1 amide bonds. The Morgan fingerprint density at radius 2 is 2.07 bits per heavy atom. The van der Waals surface area contributed by atoms with E-state index in [4.69, 9.17) is 21.1 Å². The zero-order valence-electron chi connectivity index (χ0n) is 17.1. The lowest BCUT2D eigenvalue weighted by Gasteiger charge is -2.39. The topological polar surface area (TPSA) is 71.0 Å². The number of piperidine rings is 1. The van der Waals surface area contributed by atoms with Gasteiger partial charge in [0.25, 0.3) is 0 Å². The average Bonchev–Trinajstić information content (AvgIpc) is 3.08. The van der Waals surface area contributed by atoms with Crippen LogP contribution in [0, 0.1) is 0 Å². The van der Waals surface area contributed by atoms with Crippen molar-refractivity contribution < 1.29 is 19.4 Å². The second-order valence-corrected chi connectivity index (χ2v) is 8.46. The highest BCUT2D eigenvalue weighted by Crippen LogP contribution is 2.43. The normalized spacial score (nSPS) is 18.8. The lowest BCUT2D eigenvalue weighted by Crippen LogP contribution is -2.46. The van der Waals surface area contributed by atoms with E-state index in [-0.39, 0.29) is 18.1 Å². The number of anilines is 1. The van der Waals surface area contributed by atoms with Crippen LogP contribution in [-0.2, 0) is 21.7 Å². The van der Waals surface area contributed by atoms with Crippen LogP contribution in [0.4, 0.5) is 5.69 Å². The number of halogens is 1. The van der Waals surface area contributed by atoms with Gasteiger partial charge in [0.2, 0.25) is 5.91 Å². The number of aliphatic hydroxyl groups is 1. The maximum absolute atomic E-state index is 11.4. The molecule has 2 aliphatic rings. The van der Waals surface area contributed by atoms with Gasteiger partial charge in [-0.05, 0) is 36.1 Å². The molecule has 2 heterocycles. The van der Waals surface area contributed by atoms with Crippen molar-refractivity contribution in [3.05, 3.63) is 58.6 Å². The quantitative estimate of drug-likeness (QED) is 0.733. The summed E-state index contributed by atoms with van der Waals surface area (Å²) >= 11 is 6.04. The Balaban J connectivity index is 1.30. The number of ether oxygens (including phenoxy) is 2. The standard InChI is InChI=1S/C23H27ClN2O4/c1-16(27)25-21-7-6-18(24)12-22(21)29-15-19(28)13-26-10-8-23(9-11-26)20-5-3-2-4-17(20)14-30-23/h2-7,12,19,28H,8-11,13-15H2,1H3,(H,25,27)/t19-/m1/s1. The van der Waals surface area contributed by atoms with Crippen LogP contribution in [0.1, 0.15) is 30.9 Å². The minimum absolute atomic E-state index is 0.119. The molecule has 0 bridgehead atoms. The van der Waals surface area contributed by atoms with Gasteiger partial charge < -0.3 is 24.8 Å². The molecule has 0 aliphatic carbocycles. The highest BCUT2D eigenvalue weighted by molar-refractivity contribution is 6.30. The summed E-state index contributed by atoms with van der Waals surface area (Å²) in [5.41, 5.74) is 2.97. The van der Waals surface area contributed by atoms with Crippen LogP contribution in [0.15, 0.2) is 42.5 Å². The number of aliphatic hydroxyl groups excluding tert-OH is 1. The Kier molecular flexibility index (Phi) is 6.29. The molecule has 1 spiro atoms. The van der Waals surface area contributed by atoms with Gasteiger partial charge in [0, 0.05) is 37.6 Å². The van der Waals surface area contributed by atoms with Gasteiger partial charge in [-0.1, -0.05) is 35.9 Å². The smallest absolute Gasteiger partial charge is 0.221 e. The van der Waals surface area contributed by atoms with Crippen molar-refractivity contribution >= 4 is 23.2 Å². The van der Waals surface area contributed by atoms with Crippen molar-refractivity contribution in [2.24, 2.45) is 0 Å². The van der Waals surface area contributed by atoms with E-state index in [1.54, 1.807) is 18.2 Å². The summed E-state index contributed by atoms with van der Waals surface area (Å²) in [5.74, 6) is 0.256. The number of nitrogens with zero attached hydrogens (tertiary/aromatic N) is 1. The minimum Gasteiger partial charge on any atom is -0.489 e.